The van der Waals surface area contributed by atoms with Gasteiger partial charge < -0.3 is 10.4 Å². The molecule has 5 nitrogen and oxygen atoms in total. The number of hydrogen-bond acceptors (Lipinski definition) is 3. The highest BCUT2D eigenvalue weighted by Crippen LogP contribution is 2.17. The van der Waals surface area contributed by atoms with Crippen LogP contribution in [-0.2, 0) is 9.59 Å². The first-order chi connectivity index (χ1) is 10.5. The second kappa shape index (κ2) is 7.35. The smallest absolute Gasteiger partial charge is 0.330 e. The molecule has 1 heterocycles. The molecule has 1 aromatic carbocycles. The molecule has 2 rings (SSSR count). The SMILES string of the molecule is CC1CCN(CC(=O)NC(C(=O)O)c2ccc(F)cc2)CC1. The number of hydrogen-bond donors (Lipinski definition) is 2. The van der Waals surface area contributed by atoms with Gasteiger partial charge in [0.25, 0.3) is 0 Å². The fraction of sp³-hybridized carbons (Fsp3) is 0.500. The zero-order valence-electron chi connectivity index (χ0n) is 12.6. The summed E-state index contributed by atoms with van der Waals surface area (Å²) in [5.41, 5.74) is 0.356. The number of rotatable bonds is 5. The summed E-state index contributed by atoms with van der Waals surface area (Å²) in [6.45, 7) is 4.08. The third-order valence-electron chi connectivity index (χ3n) is 4.00. The largest absolute Gasteiger partial charge is 0.479 e. The number of piperidine rings is 1. The van der Waals surface area contributed by atoms with Crippen molar-refractivity contribution in [2.75, 3.05) is 19.6 Å². The molecule has 0 aliphatic carbocycles. The van der Waals surface area contributed by atoms with Gasteiger partial charge in [-0.05, 0) is 49.5 Å². The van der Waals surface area contributed by atoms with Gasteiger partial charge >= 0.3 is 5.97 Å². The Morgan fingerprint density at radius 2 is 1.91 bits per heavy atom. The molecular formula is C16H21FN2O3. The standard InChI is InChI=1S/C16H21FN2O3/c1-11-6-8-19(9-7-11)10-14(20)18-15(16(21)22)12-2-4-13(17)5-3-12/h2-5,11,15H,6-10H2,1H3,(H,18,20)(H,21,22). The van der Waals surface area contributed by atoms with Crippen LogP contribution in [0, 0.1) is 11.7 Å². The highest BCUT2D eigenvalue weighted by atomic mass is 19.1. The average molecular weight is 308 g/mol. The van der Waals surface area contributed by atoms with E-state index in [-0.39, 0.29) is 12.5 Å². The van der Waals surface area contributed by atoms with E-state index in [1.165, 1.54) is 24.3 Å². The lowest BCUT2D eigenvalue weighted by Crippen LogP contribution is -2.43. The van der Waals surface area contributed by atoms with Gasteiger partial charge in [0.15, 0.2) is 6.04 Å². The van der Waals surface area contributed by atoms with Crippen LogP contribution in [0.5, 0.6) is 0 Å². The summed E-state index contributed by atoms with van der Waals surface area (Å²) in [4.78, 5) is 25.4. The van der Waals surface area contributed by atoms with Crippen LogP contribution in [0.1, 0.15) is 31.4 Å². The zero-order chi connectivity index (χ0) is 16.1. The first-order valence-corrected chi connectivity index (χ1v) is 7.45. The van der Waals surface area contributed by atoms with Crippen LogP contribution in [0.4, 0.5) is 4.39 Å². The maximum Gasteiger partial charge on any atom is 0.330 e. The Bertz CT molecular complexity index is 525. The third kappa shape index (κ3) is 4.53. The van der Waals surface area contributed by atoms with Crippen LogP contribution < -0.4 is 5.32 Å². The lowest BCUT2D eigenvalue weighted by Gasteiger charge is -2.29. The van der Waals surface area contributed by atoms with E-state index in [2.05, 4.69) is 12.2 Å². The van der Waals surface area contributed by atoms with Gasteiger partial charge in [-0.1, -0.05) is 19.1 Å². The number of carbonyl (C=O) groups excluding carboxylic acids is 1. The summed E-state index contributed by atoms with van der Waals surface area (Å²) < 4.78 is 12.9. The Kier molecular flexibility index (Phi) is 5.49. The molecule has 1 aliphatic heterocycles. The molecule has 1 fully saturated rings. The lowest BCUT2D eigenvalue weighted by atomic mass is 9.99. The fourth-order valence-corrected chi connectivity index (χ4v) is 2.57. The average Bonchev–Trinajstić information content (AvgIpc) is 2.48. The van der Waals surface area contributed by atoms with Crippen molar-refractivity contribution < 1.29 is 19.1 Å². The van der Waals surface area contributed by atoms with Crippen LogP contribution in [0.15, 0.2) is 24.3 Å². The van der Waals surface area contributed by atoms with E-state index < -0.39 is 17.8 Å². The van der Waals surface area contributed by atoms with Crippen molar-refractivity contribution in [3.8, 4) is 0 Å². The van der Waals surface area contributed by atoms with Crippen molar-refractivity contribution in [3.63, 3.8) is 0 Å². The second-order valence-corrected chi connectivity index (χ2v) is 5.85. The number of carbonyl (C=O) groups is 2. The van der Waals surface area contributed by atoms with E-state index in [1.54, 1.807) is 0 Å². The van der Waals surface area contributed by atoms with Crippen molar-refractivity contribution in [1.82, 2.24) is 10.2 Å². The predicted molar refractivity (Wildman–Crippen MR) is 79.8 cm³/mol. The molecular weight excluding hydrogens is 287 g/mol. The minimum atomic E-state index is -1.16. The molecule has 1 unspecified atom stereocenters. The molecule has 6 heteroatoms. The van der Waals surface area contributed by atoms with Gasteiger partial charge in [0, 0.05) is 0 Å². The Hall–Kier alpha value is -1.95. The molecule has 0 spiro atoms. The number of benzene rings is 1. The maximum absolute atomic E-state index is 12.9. The zero-order valence-corrected chi connectivity index (χ0v) is 12.6. The third-order valence-corrected chi connectivity index (χ3v) is 4.00. The van der Waals surface area contributed by atoms with Gasteiger partial charge in [-0.3, -0.25) is 9.69 Å². The highest BCUT2D eigenvalue weighted by molar-refractivity contribution is 5.85. The minimum absolute atomic E-state index is 0.192. The Morgan fingerprint density at radius 1 is 1.32 bits per heavy atom. The second-order valence-electron chi connectivity index (χ2n) is 5.85. The highest BCUT2D eigenvalue weighted by Gasteiger charge is 2.24. The van der Waals surface area contributed by atoms with Gasteiger partial charge in [-0.25, -0.2) is 9.18 Å². The number of carboxylic acids is 1. The van der Waals surface area contributed by atoms with Crippen LogP contribution in [-0.4, -0.2) is 41.5 Å². The van der Waals surface area contributed by atoms with Crippen LogP contribution in [0.3, 0.4) is 0 Å². The summed E-state index contributed by atoms with van der Waals surface area (Å²) in [7, 11) is 0. The molecule has 0 bridgehead atoms. The lowest BCUT2D eigenvalue weighted by molar-refractivity contribution is -0.142. The van der Waals surface area contributed by atoms with Crippen molar-refractivity contribution in [2.45, 2.75) is 25.8 Å². The summed E-state index contributed by atoms with van der Waals surface area (Å²) in [5.74, 6) is -1.26. The first kappa shape index (κ1) is 16.4. The predicted octanol–water partition coefficient (Wildman–Crippen LogP) is 1.80. The number of aliphatic carboxylic acids is 1. The quantitative estimate of drug-likeness (QED) is 0.870. The number of carboxylic acid groups (broad SMARTS) is 1. The number of nitrogens with zero attached hydrogens (tertiary/aromatic N) is 1. The van der Waals surface area contributed by atoms with E-state index in [4.69, 9.17) is 0 Å². The molecule has 0 saturated carbocycles. The van der Waals surface area contributed by atoms with Crippen molar-refractivity contribution in [1.29, 1.82) is 0 Å². The Morgan fingerprint density at radius 3 is 2.45 bits per heavy atom. The summed E-state index contributed by atoms with van der Waals surface area (Å²) >= 11 is 0. The van der Waals surface area contributed by atoms with E-state index in [0.717, 1.165) is 25.9 Å². The molecule has 1 amide bonds. The van der Waals surface area contributed by atoms with Crippen molar-refractivity contribution in [3.05, 3.63) is 35.6 Å². The molecule has 120 valence electrons. The van der Waals surface area contributed by atoms with Crippen LogP contribution in [0.2, 0.25) is 0 Å². The van der Waals surface area contributed by atoms with E-state index in [9.17, 15) is 19.1 Å². The number of nitrogens with one attached hydrogen (secondary N) is 1. The fourth-order valence-electron chi connectivity index (χ4n) is 2.57. The van der Waals surface area contributed by atoms with Crippen molar-refractivity contribution in [2.24, 2.45) is 5.92 Å². The molecule has 1 aromatic rings. The molecule has 22 heavy (non-hydrogen) atoms. The molecule has 1 aliphatic rings. The molecule has 0 aromatic heterocycles. The van der Waals surface area contributed by atoms with E-state index in [1.807, 2.05) is 4.90 Å². The molecule has 1 atom stereocenters. The van der Waals surface area contributed by atoms with E-state index >= 15 is 0 Å². The normalized spacial score (nSPS) is 17.9. The summed E-state index contributed by atoms with van der Waals surface area (Å²) in [6.07, 6.45) is 2.10. The van der Waals surface area contributed by atoms with Crippen molar-refractivity contribution >= 4 is 11.9 Å². The maximum atomic E-state index is 12.9. The van der Waals surface area contributed by atoms with Gasteiger partial charge in [0.1, 0.15) is 5.82 Å². The van der Waals surface area contributed by atoms with Gasteiger partial charge in [-0.2, -0.15) is 0 Å². The monoisotopic (exact) mass is 308 g/mol. The van der Waals surface area contributed by atoms with Crippen LogP contribution in [0.25, 0.3) is 0 Å². The van der Waals surface area contributed by atoms with Gasteiger partial charge in [-0.15, -0.1) is 0 Å². The van der Waals surface area contributed by atoms with Gasteiger partial charge in [0.2, 0.25) is 5.91 Å². The minimum Gasteiger partial charge on any atom is -0.479 e. The topological polar surface area (TPSA) is 69.6 Å². The molecule has 1 saturated heterocycles. The summed E-state index contributed by atoms with van der Waals surface area (Å²) in [6, 6.07) is 3.96. The Labute approximate surface area is 129 Å². The van der Waals surface area contributed by atoms with Crippen LogP contribution >= 0.6 is 0 Å². The summed E-state index contributed by atoms with van der Waals surface area (Å²) in [5, 5.41) is 11.8. The Balaban J connectivity index is 1.94. The van der Waals surface area contributed by atoms with E-state index in [0.29, 0.717) is 11.5 Å². The molecule has 2 N–H and O–H groups in total. The first-order valence-electron chi connectivity index (χ1n) is 7.45. The molecule has 0 radical (unpaired) electrons. The number of amides is 1. The van der Waals surface area contributed by atoms with Gasteiger partial charge in [0.05, 0.1) is 6.54 Å². The number of likely N-dealkylation sites (tertiary alicyclic amines) is 1. The number of halogens is 1.